The molecule has 3 rings (SSSR count). The summed E-state index contributed by atoms with van der Waals surface area (Å²) in [7, 11) is 0. The summed E-state index contributed by atoms with van der Waals surface area (Å²) in [5.74, 6) is -0.324. The second-order valence-corrected chi connectivity index (χ2v) is 6.79. The normalized spacial score (nSPS) is 20.4. The van der Waals surface area contributed by atoms with Gasteiger partial charge in [0.1, 0.15) is 0 Å². The molecule has 25 heavy (non-hydrogen) atoms. The van der Waals surface area contributed by atoms with E-state index in [4.69, 9.17) is 16.3 Å². The van der Waals surface area contributed by atoms with Crippen molar-refractivity contribution in [2.75, 3.05) is 13.1 Å². The molecule has 1 amide bonds. The predicted molar refractivity (Wildman–Crippen MR) is 97.2 cm³/mol. The van der Waals surface area contributed by atoms with Crippen LogP contribution in [-0.2, 0) is 4.74 Å². The van der Waals surface area contributed by atoms with Crippen molar-refractivity contribution in [2.45, 2.75) is 26.1 Å². The molecule has 2 atom stereocenters. The van der Waals surface area contributed by atoms with Gasteiger partial charge in [-0.1, -0.05) is 29.8 Å². The highest BCUT2D eigenvalue weighted by Gasteiger charge is 2.28. The standard InChI is InChI=1S/C20H20ClNO3/c1-13-11-22(12-14(2)25-13)20(24)18-6-4-3-5-17(18)19(23)15-7-9-16(21)10-8-15/h3-10,13-14H,11-12H2,1-2H3/t13-,14+. The van der Waals surface area contributed by atoms with Gasteiger partial charge >= 0.3 is 0 Å². The molecule has 1 heterocycles. The fourth-order valence-corrected chi connectivity index (χ4v) is 3.26. The van der Waals surface area contributed by atoms with Gasteiger partial charge in [-0.25, -0.2) is 0 Å². The van der Waals surface area contributed by atoms with Crippen LogP contribution in [0.25, 0.3) is 0 Å². The second-order valence-electron chi connectivity index (χ2n) is 6.35. The first kappa shape index (κ1) is 17.6. The van der Waals surface area contributed by atoms with Crippen LogP contribution in [0, 0.1) is 0 Å². The zero-order chi connectivity index (χ0) is 18.0. The van der Waals surface area contributed by atoms with Gasteiger partial charge in [0.15, 0.2) is 5.78 Å². The first-order valence-electron chi connectivity index (χ1n) is 8.29. The van der Waals surface area contributed by atoms with Gasteiger partial charge in [-0.3, -0.25) is 9.59 Å². The van der Waals surface area contributed by atoms with E-state index >= 15 is 0 Å². The summed E-state index contributed by atoms with van der Waals surface area (Å²) in [4.78, 5) is 27.6. The molecule has 130 valence electrons. The zero-order valence-corrected chi connectivity index (χ0v) is 15.0. The minimum absolute atomic E-state index is 0.0215. The van der Waals surface area contributed by atoms with Crippen molar-refractivity contribution in [1.29, 1.82) is 0 Å². The number of amides is 1. The van der Waals surface area contributed by atoms with Gasteiger partial charge in [0.05, 0.1) is 17.8 Å². The van der Waals surface area contributed by atoms with Crippen LogP contribution < -0.4 is 0 Å². The molecule has 1 aliphatic rings. The van der Waals surface area contributed by atoms with Gasteiger partial charge in [-0.05, 0) is 44.2 Å². The summed E-state index contributed by atoms with van der Waals surface area (Å²) in [5.41, 5.74) is 1.33. The Balaban J connectivity index is 1.91. The molecule has 5 heteroatoms. The number of halogens is 1. The maximum absolute atomic E-state index is 13.0. The molecule has 0 aromatic heterocycles. The number of ketones is 1. The SMILES string of the molecule is C[C@@H]1CN(C(=O)c2ccccc2C(=O)c2ccc(Cl)cc2)C[C@H](C)O1. The predicted octanol–water partition coefficient (Wildman–Crippen LogP) is 3.82. The monoisotopic (exact) mass is 357 g/mol. The average Bonchev–Trinajstić information content (AvgIpc) is 2.60. The third-order valence-electron chi connectivity index (χ3n) is 4.22. The summed E-state index contributed by atoms with van der Waals surface area (Å²) in [5, 5.41) is 0.567. The van der Waals surface area contributed by atoms with E-state index in [0.717, 1.165) is 0 Å². The summed E-state index contributed by atoms with van der Waals surface area (Å²) >= 11 is 5.89. The molecule has 0 unspecified atom stereocenters. The maximum Gasteiger partial charge on any atom is 0.254 e. The summed E-state index contributed by atoms with van der Waals surface area (Å²) in [6.07, 6.45) is -0.0429. The Kier molecular flexibility index (Phi) is 5.21. The third kappa shape index (κ3) is 3.91. The number of carbonyl (C=O) groups excluding carboxylic acids is 2. The molecule has 4 nitrogen and oxygen atoms in total. The zero-order valence-electron chi connectivity index (χ0n) is 14.2. The van der Waals surface area contributed by atoms with Gasteiger partial charge < -0.3 is 9.64 Å². The Morgan fingerprint density at radius 3 is 2.12 bits per heavy atom. The van der Waals surface area contributed by atoms with Gasteiger partial charge in [-0.2, -0.15) is 0 Å². The Morgan fingerprint density at radius 2 is 1.52 bits per heavy atom. The van der Waals surface area contributed by atoms with Crippen molar-refractivity contribution in [3.05, 3.63) is 70.2 Å². The number of hydrogen-bond acceptors (Lipinski definition) is 3. The molecule has 0 radical (unpaired) electrons. The highest BCUT2D eigenvalue weighted by molar-refractivity contribution is 6.30. The number of ether oxygens (including phenoxy) is 1. The first-order valence-corrected chi connectivity index (χ1v) is 8.67. The number of carbonyl (C=O) groups is 2. The minimum Gasteiger partial charge on any atom is -0.372 e. The number of benzene rings is 2. The van der Waals surface area contributed by atoms with Crippen LogP contribution in [0.1, 0.15) is 40.1 Å². The quantitative estimate of drug-likeness (QED) is 0.784. The van der Waals surface area contributed by atoms with E-state index in [1.807, 2.05) is 13.8 Å². The lowest BCUT2D eigenvalue weighted by Crippen LogP contribution is -2.48. The molecular formula is C20H20ClNO3. The topological polar surface area (TPSA) is 46.6 Å². The van der Waals surface area contributed by atoms with E-state index in [9.17, 15) is 9.59 Å². The molecule has 2 aromatic rings. The van der Waals surface area contributed by atoms with Crippen LogP contribution in [0.4, 0.5) is 0 Å². The maximum atomic E-state index is 13.0. The van der Waals surface area contributed by atoms with Crippen molar-refractivity contribution >= 4 is 23.3 Å². The number of hydrogen-bond donors (Lipinski definition) is 0. The number of rotatable bonds is 3. The van der Waals surface area contributed by atoms with Crippen molar-refractivity contribution in [2.24, 2.45) is 0 Å². The van der Waals surface area contributed by atoms with Gasteiger partial charge in [-0.15, -0.1) is 0 Å². The molecule has 0 saturated carbocycles. The lowest BCUT2D eigenvalue weighted by Gasteiger charge is -2.35. The van der Waals surface area contributed by atoms with Crippen LogP contribution in [-0.4, -0.2) is 41.9 Å². The number of nitrogens with zero attached hydrogens (tertiary/aromatic N) is 1. The van der Waals surface area contributed by atoms with E-state index < -0.39 is 0 Å². The lowest BCUT2D eigenvalue weighted by molar-refractivity contribution is -0.0586. The van der Waals surface area contributed by atoms with Crippen LogP contribution in [0.3, 0.4) is 0 Å². The fourth-order valence-electron chi connectivity index (χ4n) is 3.14. The van der Waals surface area contributed by atoms with Gasteiger partial charge in [0.25, 0.3) is 5.91 Å². The van der Waals surface area contributed by atoms with Crippen LogP contribution in [0.5, 0.6) is 0 Å². The van der Waals surface area contributed by atoms with Gasteiger partial charge in [0.2, 0.25) is 0 Å². The molecule has 1 aliphatic heterocycles. The summed E-state index contributed by atoms with van der Waals surface area (Å²) < 4.78 is 5.69. The average molecular weight is 358 g/mol. The number of morpholine rings is 1. The minimum atomic E-state index is -0.185. The molecular weight excluding hydrogens is 338 g/mol. The van der Waals surface area contributed by atoms with Crippen LogP contribution >= 0.6 is 11.6 Å². The molecule has 0 aliphatic carbocycles. The third-order valence-corrected chi connectivity index (χ3v) is 4.47. The molecule has 2 aromatic carbocycles. The fraction of sp³-hybridized carbons (Fsp3) is 0.300. The van der Waals surface area contributed by atoms with Crippen molar-refractivity contribution in [1.82, 2.24) is 4.90 Å². The van der Waals surface area contributed by atoms with Crippen LogP contribution in [0.2, 0.25) is 5.02 Å². The van der Waals surface area contributed by atoms with E-state index in [0.29, 0.717) is 34.8 Å². The van der Waals surface area contributed by atoms with Crippen molar-refractivity contribution in [3.63, 3.8) is 0 Å². The van der Waals surface area contributed by atoms with Crippen molar-refractivity contribution < 1.29 is 14.3 Å². The second kappa shape index (κ2) is 7.38. The highest BCUT2D eigenvalue weighted by Crippen LogP contribution is 2.20. The van der Waals surface area contributed by atoms with E-state index in [1.165, 1.54) is 0 Å². The van der Waals surface area contributed by atoms with Crippen molar-refractivity contribution in [3.8, 4) is 0 Å². The van der Waals surface area contributed by atoms with E-state index in [2.05, 4.69) is 0 Å². The molecule has 1 saturated heterocycles. The molecule has 0 spiro atoms. The summed E-state index contributed by atoms with van der Waals surface area (Å²) in [6, 6.07) is 13.6. The first-order chi connectivity index (χ1) is 12.0. The van der Waals surface area contributed by atoms with E-state index in [1.54, 1.807) is 53.4 Å². The Morgan fingerprint density at radius 1 is 0.960 bits per heavy atom. The molecule has 1 fully saturated rings. The van der Waals surface area contributed by atoms with Gasteiger partial charge in [0, 0.05) is 29.2 Å². The molecule has 0 bridgehead atoms. The lowest BCUT2D eigenvalue weighted by atomic mass is 9.97. The molecule has 0 N–H and O–H groups in total. The largest absolute Gasteiger partial charge is 0.372 e. The summed E-state index contributed by atoms with van der Waals surface area (Å²) in [6.45, 7) is 4.93. The Bertz CT molecular complexity index is 778. The highest BCUT2D eigenvalue weighted by atomic mass is 35.5. The van der Waals surface area contributed by atoms with Crippen LogP contribution in [0.15, 0.2) is 48.5 Å². The smallest absolute Gasteiger partial charge is 0.254 e. The van der Waals surface area contributed by atoms with E-state index in [-0.39, 0.29) is 23.9 Å². The Labute approximate surface area is 152 Å². The Hall–Kier alpha value is -2.17.